The van der Waals surface area contributed by atoms with Crippen molar-refractivity contribution in [3.63, 3.8) is 0 Å². The molecule has 5 rings (SSSR count). The summed E-state index contributed by atoms with van der Waals surface area (Å²) in [7, 11) is 0. The van der Waals surface area contributed by atoms with Crippen LogP contribution < -0.4 is 9.80 Å². The van der Waals surface area contributed by atoms with Crippen LogP contribution in [0, 0.1) is 13.8 Å². The monoisotopic (exact) mass is 462 g/mol. The summed E-state index contributed by atoms with van der Waals surface area (Å²) >= 11 is 12.5. The van der Waals surface area contributed by atoms with Gasteiger partial charge in [0, 0.05) is 35.1 Å². The lowest BCUT2D eigenvalue weighted by atomic mass is 10.1. The van der Waals surface area contributed by atoms with Crippen LogP contribution in [0.1, 0.15) is 23.1 Å². The molecule has 0 aliphatic carbocycles. The summed E-state index contributed by atoms with van der Waals surface area (Å²) in [5, 5.41) is 1.19. The van der Waals surface area contributed by atoms with Crippen LogP contribution in [0.4, 0.5) is 11.4 Å². The molecule has 162 valence electrons. The Bertz CT molecular complexity index is 1180. The third kappa shape index (κ3) is 3.99. The van der Waals surface area contributed by atoms with E-state index in [1.807, 2.05) is 18.2 Å². The zero-order valence-electron chi connectivity index (χ0n) is 18.1. The van der Waals surface area contributed by atoms with Gasteiger partial charge in [-0.3, -0.25) is 0 Å². The van der Waals surface area contributed by atoms with Crippen LogP contribution in [0.25, 0.3) is 11.3 Å². The van der Waals surface area contributed by atoms with Crippen molar-refractivity contribution in [1.82, 2.24) is 0 Å². The van der Waals surface area contributed by atoms with Crippen LogP contribution in [0.15, 0.2) is 83.3 Å². The average molecular weight is 463 g/mol. The van der Waals surface area contributed by atoms with Gasteiger partial charge in [-0.2, -0.15) is 0 Å². The fourth-order valence-corrected chi connectivity index (χ4v) is 4.78. The lowest BCUT2D eigenvalue weighted by Gasteiger charge is -2.31. The van der Waals surface area contributed by atoms with Gasteiger partial charge in [0.15, 0.2) is 6.17 Å². The van der Waals surface area contributed by atoms with E-state index in [-0.39, 0.29) is 6.17 Å². The number of hydrogen-bond acceptors (Lipinski definition) is 3. The molecule has 0 N–H and O–H groups in total. The van der Waals surface area contributed by atoms with E-state index >= 15 is 0 Å². The third-order valence-electron chi connectivity index (χ3n) is 5.98. The summed E-state index contributed by atoms with van der Waals surface area (Å²) in [6, 6.07) is 26.9. The molecule has 5 heteroatoms. The fourth-order valence-electron chi connectivity index (χ4n) is 4.27. The van der Waals surface area contributed by atoms with E-state index in [1.54, 1.807) is 6.07 Å². The van der Waals surface area contributed by atoms with Crippen LogP contribution in [-0.4, -0.2) is 13.1 Å². The number of aryl methyl sites for hydroxylation is 2. The number of halogens is 2. The molecule has 0 amide bonds. The predicted molar refractivity (Wildman–Crippen MR) is 134 cm³/mol. The van der Waals surface area contributed by atoms with E-state index in [0.717, 1.165) is 30.2 Å². The van der Waals surface area contributed by atoms with E-state index in [1.165, 1.54) is 22.5 Å². The van der Waals surface area contributed by atoms with Crippen LogP contribution >= 0.6 is 23.2 Å². The Balaban J connectivity index is 1.56. The Morgan fingerprint density at radius 1 is 0.719 bits per heavy atom. The fraction of sp³-hybridized carbons (Fsp3) is 0.185. The van der Waals surface area contributed by atoms with Gasteiger partial charge in [-0.05, 0) is 68.4 Å². The smallest absolute Gasteiger partial charge is 0.162 e. The summed E-state index contributed by atoms with van der Waals surface area (Å²) in [5.74, 6) is 1.62. The van der Waals surface area contributed by atoms with Gasteiger partial charge in [0.1, 0.15) is 11.5 Å². The molecule has 0 unspecified atom stereocenters. The topological polar surface area (TPSA) is 19.6 Å². The summed E-state index contributed by atoms with van der Waals surface area (Å²) in [5.41, 5.74) is 5.69. The first kappa shape index (κ1) is 21.0. The summed E-state index contributed by atoms with van der Waals surface area (Å²) in [6.07, 6.45) is -0.0553. The highest BCUT2D eigenvalue weighted by molar-refractivity contribution is 6.36. The van der Waals surface area contributed by atoms with Crippen molar-refractivity contribution >= 4 is 34.6 Å². The van der Waals surface area contributed by atoms with E-state index in [0.29, 0.717) is 10.0 Å². The molecule has 1 aromatic heterocycles. The highest BCUT2D eigenvalue weighted by Gasteiger charge is 2.36. The highest BCUT2D eigenvalue weighted by atomic mass is 35.5. The lowest BCUT2D eigenvalue weighted by Crippen LogP contribution is -2.30. The predicted octanol–water partition coefficient (Wildman–Crippen LogP) is 7.90. The molecule has 2 heterocycles. The lowest BCUT2D eigenvalue weighted by molar-refractivity contribution is 0.476. The second kappa shape index (κ2) is 8.57. The molecule has 0 bridgehead atoms. The van der Waals surface area contributed by atoms with Crippen LogP contribution in [-0.2, 0) is 0 Å². The van der Waals surface area contributed by atoms with Crippen LogP contribution in [0.3, 0.4) is 0 Å². The summed E-state index contributed by atoms with van der Waals surface area (Å²) < 4.78 is 6.41. The van der Waals surface area contributed by atoms with Gasteiger partial charge >= 0.3 is 0 Å². The highest BCUT2D eigenvalue weighted by Crippen LogP contribution is 2.40. The minimum Gasteiger partial charge on any atom is -0.457 e. The molecule has 3 aromatic carbocycles. The first-order valence-corrected chi connectivity index (χ1v) is 11.5. The van der Waals surface area contributed by atoms with E-state index in [4.69, 9.17) is 27.6 Å². The van der Waals surface area contributed by atoms with Crippen molar-refractivity contribution in [2.45, 2.75) is 20.0 Å². The maximum Gasteiger partial charge on any atom is 0.162 e. The van der Waals surface area contributed by atoms with Crippen LogP contribution in [0.2, 0.25) is 10.0 Å². The van der Waals surface area contributed by atoms with Gasteiger partial charge in [-0.1, -0.05) is 58.6 Å². The van der Waals surface area contributed by atoms with Crippen molar-refractivity contribution in [2.24, 2.45) is 0 Å². The van der Waals surface area contributed by atoms with Gasteiger partial charge < -0.3 is 14.2 Å². The Labute approximate surface area is 198 Å². The van der Waals surface area contributed by atoms with Crippen LogP contribution in [0.5, 0.6) is 0 Å². The molecule has 1 aliphatic rings. The molecule has 32 heavy (non-hydrogen) atoms. The SMILES string of the molecule is Cc1ccc(N2CCN(c3ccc(C)cc3)C2c2ccc(-c3ccc(Cl)cc3Cl)o2)cc1. The molecule has 0 atom stereocenters. The van der Waals surface area contributed by atoms with Gasteiger partial charge in [0.25, 0.3) is 0 Å². The molecule has 4 aromatic rings. The van der Waals surface area contributed by atoms with E-state index in [9.17, 15) is 0 Å². The standard InChI is InChI=1S/C27H24Cl2N2O/c1-18-3-8-21(9-4-18)30-15-16-31(22-10-5-19(2)6-11-22)27(30)26-14-13-25(32-26)23-12-7-20(28)17-24(23)29/h3-14,17,27H,15-16H2,1-2H3. The van der Waals surface area contributed by atoms with Gasteiger partial charge in [-0.15, -0.1) is 0 Å². The Hall–Kier alpha value is -2.88. The molecule has 1 fully saturated rings. The molecular weight excluding hydrogens is 439 g/mol. The average Bonchev–Trinajstić information content (AvgIpc) is 3.42. The summed E-state index contributed by atoms with van der Waals surface area (Å²) in [4.78, 5) is 4.79. The molecule has 1 saturated heterocycles. The number of anilines is 2. The number of nitrogens with zero attached hydrogens (tertiary/aromatic N) is 2. The normalized spacial score (nSPS) is 14.4. The first-order valence-electron chi connectivity index (χ1n) is 10.7. The molecule has 3 nitrogen and oxygen atoms in total. The van der Waals surface area contributed by atoms with Gasteiger partial charge in [0.05, 0.1) is 5.02 Å². The van der Waals surface area contributed by atoms with Crippen molar-refractivity contribution in [3.8, 4) is 11.3 Å². The minimum absolute atomic E-state index is 0.0553. The summed E-state index contributed by atoms with van der Waals surface area (Å²) in [6.45, 7) is 6.02. The van der Waals surface area contributed by atoms with Gasteiger partial charge in [-0.25, -0.2) is 0 Å². The molecule has 0 radical (unpaired) electrons. The van der Waals surface area contributed by atoms with Crippen molar-refractivity contribution in [1.29, 1.82) is 0 Å². The van der Waals surface area contributed by atoms with Crippen molar-refractivity contribution < 1.29 is 4.42 Å². The van der Waals surface area contributed by atoms with Gasteiger partial charge in [0.2, 0.25) is 0 Å². The zero-order chi connectivity index (χ0) is 22.2. The number of benzene rings is 3. The Morgan fingerprint density at radius 3 is 1.81 bits per heavy atom. The number of furan rings is 1. The quantitative estimate of drug-likeness (QED) is 0.307. The molecular formula is C27H24Cl2N2O. The second-order valence-electron chi connectivity index (χ2n) is 8.26. The maximum atomic E-state index is 6.45. The Kier molecular flexibility index (Phi) is 5.62. The first-order chi connectivity index (χ1) is 15.5. The molecule has 0 saturated carbocycles. The van der Waals surface area contributed by atoms with Crippen molar-refractivity contribution in [2.75, 3.05) is 22.9 Å². The second-order valence-corrected chi connectivity index (χ2v) is 9.10. The third-order valence-corrected chi connectivity index (χ3v) is 6.53. The van der Waals surface area contributed by atoms with E-state index < -0.39 is 0 Å². The zero-order valence-corrected chi connectivity index (χ0v) is 19.6. The molecule has 1 aliphatic heterocycles. The largest absolute Gasteiger partial charge is 0.457 e. The number of hydrogen-bond donors (Lipinski definition) is 0. The minimum atomic E-state index is -0.0553. The number of rotatable bonds is 4. The Morgan fingerprint density at radius 2 is 1.28 bits per heavy atom. The molecule has 0 spiro atoms. The maximum absolute atomic E-state index is 6.45. The van der Waals surface area contributed by atoms with E-state index in [2.05, 4.69) is 78.2 Å². The van der Waals surface area contributed by atoms with Crippen molar-refractivity contribution in [3.05, 3.63) is 106 Å².